The Balaban J connectivity index is 2.01. The molecule has 0 bridgehead atoms. The third-order valence-corrected chi connectivity index (χ3v) is 4.71. The number of carbonyl (C=O) groups excluding carboxylic acids is 2. The number of aliphatic imine (C=N–C) groups is 1. The first-order valence-electron chi connectivity index (χ1n) is 7.23. The van der Waals surface area contributed by atoms with Crippen molar-refractivity contribution < 1.29 is 14.0 Å². The van der Waals surface area contributed by atoms with E-state index < -0.39 is 11.1 Å². The molecule has 1 fully saturated rings. The molecule has 0 aliphatic carbocycles. The first-order chi connectivity index (χ1) is 11.0. The molecule has 1 atom stereocenters. The first-order valence-corrected chi connectivity index (χ1v) is 8.49. The van der Waals surface area contributed by atoms with Crippen molar-refractivity contribution >= 4 is 46.0 Å². The van der Waals surface area contributed by atoms with E-state index >= 15 is 0 Å². The van der Waals surface area contributed by atoms with Gasteiger partial charge in [0.05, 0.1) is 5.02 Å². The van der Waals surface area contributed by atoms with E-state index in [4.69, 9.17) is 11.6 Å². The summed E-state index contributed by atoms with van der Waals surface area (Å²) in [6.45, 7) is 4.87. The minimum atomic E-state index is -0.551. The molecule has 124 valence electrons. The number of hydrogen-bond donors (Lipinski definition) is 1. The number of hydrogen-bond acceptors (Lipinski definition) is 4. The summed E-state index contributed by atoms with van der Waals surface area (Å²) in [5, 5.41) is 2.72. The van der Waals surface area contributed by atoms with Gasteiger partial charge in [0.15, 0.2) is 5.17 Å². The van der Waals surface area contributed by atoms with Crippen LogP contribution in [0.4, 0.5) is 10.1 Å². The molecule has 1 N–H and O–H groups in total. The molecule has 2 amide bonds. The fraction of sp³-hybridized carbons (Fsp3) is 0.400. The molecule has 1 saturated heterocycles. The zero-order valence-corrected chi connectivity index (χ0v) is 14.4. The highest BCUT2D eigenvalue weighted by Gasteiger charge is 2.38. The van der Waals surface area contributed by atoms with Crippen LogP contribution in [0.1, 0.15) is 20.3 Å². The van der Waals surface area contributed by atoms with Crippen molar-refractivity contribution in [3.8, 4) is 0 Å². The van der Waals surface area contributed by atoms with E-state index in [9.17, 15) is 14.0 Å². The number of rotatable bonds is 5. The SMILES string of the molecule is CCN=C1SC(CC(=O)Nc2ccc(F)c(Cl)c2)C(=O)N1CC. The summed E-state index contributed by atoms with van der Waals surface area (Å²) < 4.78 is 13.1. The van der Waals surface area contributed by atoms with Gasteiger partial charge in [-0.1, -0.05) is 23.4 Å². The highest BCUT2D eigenvalue weighted by Crippen LogP contribution is 2.30. The zero-order chi connectivity index (χ0) is 17.0. The number of amidine groups is 1. The van der Waals surface area contributed by atoms with Crippen molar-refractivity contribution in [3.63, 3.8) is 0 Å². The van der Waals surface area contributed by atoms with Gasteiger partial charge in [0.25, 0.3) is 0 Å². The van der Waals surface area contributed by atoms with Gasteiger partial charge >= 0.3 is 0 Å². The molecule has 8 heteroatoms. The summed E-state index contributed by atoms with van der Waals surface area (Å²) in [7, 11) is 0. The number of nitrogens with one attached hydrogen (secondary N) is 1. The third kappa shape index (κ3) is 4.23. The average molecular weight is 358 g/mol. The van der Waals surface area contributed by atoms with E-state index in [0.29, 0.717) is 23.9 Å². The van der Waals surface area contributed by atoms with Crippen LogP contribution in [-0.4, -0.2) is 40.2 Å². The van der Waals surface area contributed by atoms with E-state index in [1.807, 2.05) is 13.8 Å². The van der Waals surface area contributed by atoms with Gasteiger partial charge < -0.3 is 5.32 Å². The predicted molar refractivity (Wildman–Crippen MR) is 91.4 cm³/mol. The standard InChI is InChI=1S/C15H17ClFN3O2S/c1-3-18-15-20(4-2)14(22)12(23-15)8-13(21)19-9-5-6-11(17)10(16)7-9/h5-7,12H,3-4,8H2,1-2H3,(H,19,21). The van der Waals surface area contributed by atoms with Crippen molar-refractivity contribution in [2.45, 2.75) is 25.5 Å². The fourth-order valence-corrected chi connectivity index (χ4v) is 3.59. The second kappa shape index (κ2) is 7.79. The molecule has 0 saturated carbocycles. The van der Waals surface area contributed by atoms with Crippen LogP contribution >= 0.6 is 23.4 Å². The Morgan fingerprint density at radius 1 is 1.48 bits per heavy atom. The Labute approximate surface area is 143 Å². The monoisotopic (exact) mass is 357 g/mol. The Hall–Kier alpha value is -1.60. The van der Waals surface area contributed by atoms with Gasteiger partial charge in [0.1, 0.15) is 11.1 Å². The van der Waals surface area contributed by atoms with E-state index in [1.54, 1.807) is 4.90 Å². The average Bonchev–Trinajstić information content (AvgIpc) is 2.79. The van der Waals surface area contributed by atoms with Crippen LogP contribution in [0.2, 0.25) is 5.02 Å². The van der Waals surface area contributed by atoms with Crippen LogP contribution in [0, 0.1) is 5.82 Å². The van der Waals surface area contributed by atoms with E-state index in [-0.39, 0.29) is 23.3 Å². The summed E-state index contributed by atoms with van der Waals surface area (Å²) in [4.78, 5) is 30.2. The Morgan fingerprint density at radius 2 is 2.22 bits per heavy atom. The lowest BCUT2D eigenvalue weighted by molar-refractivity contribution is -0.128. The van der Waals surface area contributed by atoms with Gasteiger partial charge in [-0.05, 0) is 32.0 Å². The van der Waals surface area contributed by atoms with Crippen LogP contribution in [0.25, 0.3) is 0 Å². The van der Waals surface area contributed by atoms with Gasteiger partial charge in [-0.15, -0.1) is 0 Å². The summed E-state index contributed by atoms with van der Waals surface area (Å²) in [5.74, 6) is -0.991. The Kier molecular flexibility index (Phi) is 6.01. The fourth-order valence-electron chi connectivity index (χ4n) is 2.14. The minimum absolute atomic E-state index is 0.0255. The summed E-state index contributed by atoms with van der Waals surface area (Å²) in [5.41, 5.74) is 0.395. The molecule has 1 unspecified atom stereocenters. The largest absolute Gasteiger partial charge is 0.326 e. The van der Waals surface area contributed by atoms with Crippen LogP contribution in [0.5, 0.6) is 0 Å². The number of halogens is 2. The quantitative estimate of drug-likeness (QED) is 0.880. The highest BCUT2D eigenvalue weighted by atomic mass is 35.5. The highest BCUT2D eigenvalue weighted by molar-refractivity contribution is 8.15. The van der Waals surface area contributed by atoms with Crippen molar-refractivity contribution in [3.05, 3.63) is 29.0 Å². The zero-order valence-electron chi connectivity index (χ0n) is 12.8. The van der Waals surface area contributed by atoms with Gasteiger partial charge in [-0.25, -0.2) is 4.39 Å². The maximum Gasteiger partial charge on any atom is 0.242 e. The van der Waals surface area contributed by atoms with Crippen LogP contribution in [0.15, 0.2) is 23.2 Å². The summed E-state index contributed by atoms with van der Waals surface area (Å²) in [6.07, 6.45) is 0.0255. The number of thioether (sulfide) groups is 1. The maximum atomic E-state index is 13.1. The molecule has 0 aromatic heterocycles. The van der Waals surface area contributed by atoms with Gasteiger partial charge in [0, 0.05) is 25.2 Å². The molecule has 1 aliphatic rings. The van der Waals surface area contributed by atoms with E-state index in [1.165, 1.54) is 30.0 Å². The van der Waals surface area contributed by atoms with Crippen LogP contribution in [0.3, 0.4) is 0 Å². The van der Waals surface area contributed by atoms with Crippen LogP contribution < -0.4 is 5.32 Å². The van der Waals surface area contributed by atoms with E-state index in [2.05, 4.69) is 10.3 Å². The lowest BCUT2D eigenvalue weighted by Gasteiger charge is -2.13. The molecular weight excluding hydrogens is 341 g/mol. The van der Waals surface area contributed by atoms with Crippen molar-refractivity contribution in [1.29, 1.82) is 0 Å². The molecule has 5 nitrogen and oxygen atoms in total. The Morgan fingerprint density at radius 3 is 2.83 bits per heavy atom. The summed E-state index contributed by atoms with van der Waals surface area (Å²) >= 11 is 6.98. The molecule has 23 heavy (non-hydrogen) atoms. The normalized spacial score (nSPS) is 19.5. The number of nitrogens with zero attached hydrogens (tertiary/aromatic N) is 2. The van der Waals surface area contributed by atoms with Crippen molar-refractivity contribution in [2.24, 2.45) is 4.99 Å². The van der Waals surface area contributed by atoms with E-state index in [0.717, 1.165) is 0 Å². The molecule has 1 heterocycles. The second-order valence-corrected chi connectivity index (χ2v) is 6.40. The number of benzene rings is 1. The van der Waals surface area contributed by atoms with Gasteiger partial charge in [-0.2, -0.15) is 0 Å². The van der Waals surface area contributed by atoms with Gasteiger partial charge in [-0.3, -0.25) is 19.5 Å². The molecule has 1 aromatic carbocycles. The first kappa shape index (κ1) is 17.7. The molecule has 1 aromatic rings. The number of carbonyl (C=O) groups is 2. The molecule has 1 aliphatic heterocycles. The number of amides is 2. The maximum absolute atomic E-state index is 13.1. The van der Waals surface area contributed by atoms with Crippen LogP contribution in [-0.2, 0) is 9.59 Å². The molecule has 0 radical (unpaired) electrons. The minimum Gasteiger partial charge on any atom is -0.326 e. The smallest absolute Gasteiger partial charge is 0.242 e. The lowest BCUT2D eigenvalue weighted by atomic mass is 10.2. The van der Waals surface area contributed by atoms with Crippen molar-refractivity contribution in [1.82, 2.24) is 4.90 Å². The molecule has 2 rings (SSSR count). The third-order valence-electron chi connectivity index (χ3n) is 3.20. The second-order valence-electron chi connectivity index (χ2n) is 4.83. The van der Waals surface area contributed by atoms with Gasteiger partial charge in [0.2, 0.25) is 11.8 Å². The number of anilines is 1. The molecule has 0 spiro atoms. The topological polar surface area (TPSA) is 61.8 Å². The Bertz CT molecular complexity index is 654. The predicted octanol–water partition coefficient (Wildman–Crippen LogP) is 3.15. The lowest BCUT2D eigenvalue weighted by Crippen LogP contribution is -2.33. The van der Waals surface area contributed by atoms with Crippen molar-refractivity contribution in [2.75, 3.05) is 18.4 Å². The molecular formula is C15H17ClFN3O2S. The summed E-state index contributed by atoms with van der Waals surface area (Å²) in [6, 6.07) is 3.93.